The van der Waals surface area contributed by atoms with E-state index in [2.05, 4.69) is 16.1 Å². The van der Waals surface area contributed by atoms with E-state index in [1.54, 1.807) is 12.1 Å². The van der Waals surface area contributed by atoms with Gasteiger partial charge >= 0.3 is 0 Å². The molecular weight excluding hydrogens is 344 g/mol. The second kappa shape index (κ2) is 7.53. The average molecular weight is 369 g/mol. The van der Waals surface area contributed by atoms with E-state index in [9.17, 15) is 18.7 Å². The molecule has 2 aliphatic heterocycles. The number of benzene rings is 1. The van der Waals surface area contributed by atoms with Crippen molar-refractivity contribution in [1.82, 2.24) is 26.0 Å². The van der Waals surface area contributed by atoms with Gasteiger partial charge in [0.05, 0.1) is 24.7 Å². The summed E-state index contributed by atoms with van der Waals surface area (Å²) in [5, 5.41) is 17.8. The second-order valence-electron chi connectivity index (χ2n) is 6.98. The minimum Gasteiger partial charge on any atom is -0.395 e. The predicted octanol–water partition coefficient (Wildman–Crippen LogP) is 0.373. The zero-order chi connectivity index (χ0) is 19.0. The Hall–Kier alpha value is -1.65. The number of carbonyl (C=O) groups is 1. The third kappa shape index (κ3) is 3.45. The van der Waals surface area contributed by atoms with E-state index in [1.807, 2.05) is 30.9 Å². The SMILES string of the molecule is CC(c1ccc(C(F)F)cc1)N1NC(CO)C2C(=O)NC(N(C)C)NC21. The normalized spacial score (nSPS) is 30.5. The number of amides is 1. The third-order valence-corrected chi connectivity index (χ3v) is 5.10. The average Bonchev–Trinajstić information content (AvgIpc) is 3.00. The molecule has 1 aromatic carbocycles. The van der Waals surface area contributed by atoms with Crippen LogP contribution in [0.3, 0.4) is 0 Å². The summed E-state index contributed by atoms with van der Waals surface area (Å²) in [6.07, 6.45) is -3.17. The fourth-order valence-corrected chi connectivity index (χ4v) is 3.56. The molecule has 4 N–H and O–H groups in total. The molecule has 0 aliphatic carbocycles. The number of halogens is 2. The number of carbonyl (C=O) groups excluding carboxylic acids is 1. The van der Waals surface area contributed by atoms with E-state index < -0.39 is 18.4 Å². The zero-order valence-corrected chi connectivity index (χ0v) is 15.0. The Morgan fingerprint density at radius 1 is 1.23 bits per heavy atom. The molecule has 0 spiro atoms. The Balaban J connectivity index is 1.84. The maximum atomic E-state index is 12.8. The van der Waals surface area contributed by atoms with Gasteiger partial charge < -0.3 is 10.4 Å². The molecule has 2 fully saturated rings. The Labute approximate surface area is 151 Å². The van der Waals surface area contributed by atoms with Gasteiger partial charge in [-0.05, 0) is 26.6 Å². The molecule has 9 heteroatoms. The number of hydrogen-bond acceptors (Lipinski definition) is 6. The summed E-state index contributed by atoms with van der Waals surface area (Å²) in [6.45, 7) is 1.75. The lowest BCUT2D eigenvalue weighted by Gasteiger charge is -2.41. The van der Waals surface area contributed by atoms with Crippen molar-refractivity contribution >= 4 is 5.91 Å². The maximum Gasteiger partial charge on any atom is 0.263 e. The number of nitrogens with one attached hydrogen (secondary N) is 3. The highest BCUT2D eigenvalue weighted by Gasteiger charge is 2.51. The van der Waals surface area contributed by atoms with Gasteiger partial charge in [-0.1, -0.05) is 24.3 Å². The van der Waals surface area contributed by atoms with Gasteiger partial charge in [-0.25, -0.2) is 19.2 Å². The molecular formula is C17H25F2N5O2. The summed E-state index contributed by atoms with van der Waals surface area (Å²) in [5.41, 5.74) is 4.02. The van der Waals surface area contributed by atoms with Crippen LogP contribution in [-0.4, -0.2) is 60.1 Å². The summed E-state index contributed by atoms with van der Waals surface area (Å²) in [6, 6.07) is 5.56. The maximum absolute atomic E-state index is 12.8. The highest BCUT2D eigenvalue weighted by molar-refractivity contribution is 5.81. The first-order chi connectivity index (χ1) is 12.3. The van der Waals surface area contributed by atoms with Crippen molar-refractivity contribution in [3.63, 3.8) is 0 Å². The molecule has 26 heavy (non-hydrogen) atoms. The molecule has 1 aromatic rings. The van der Waals surface area contributed by atoms with Crippen molar-refractivity contribution in [3.05, 3.63) is 35.4 Å². The number of nitrogens with zero attached hydrogens (tertiary/aromatic N) is 2. The molecule has 7 nitrogen and oxygen atoms in total. The molecule has 0 radical (unpaired) electrons. The number of hydrazine groups is 1. The molecule has 2 heterocycles. The molecule has 2 aliphatic rings. The van der Waals surface area contributed by atoms with Gasteiger partial charge in [0, 0.05) is 11.6 Å². The van der Waals surface area contributed by atoms with Crippen molar-refractivity contribution in [3.8, 4) is 0 Å². The van der Waals surface area contributed by atoms with Gasteiger partial charge in [0.15, 0.2) is 0 Å². The van der Waals surface area contributed by atoms with Crippen molar-refractivity contribution in [2.24, 2.45) is 5.92 Å². The minimum atomic E-state index is -2.50. The number of aliphatic hydroxyl groups is 1. The Kier molecular flexibility index (Phi) is 5.54. The van der Waals surface area contributed by atoms with Gasteiger partial charge in [-0.2, -0.15) is 0 Å². The highest BCUT2D eigenvalue weighted by atomic mass is 19.3. The lowest BCUT2D eigenvalue weighted by atomic mass is 9.95. The Morgan fingerprint density at radius 2 is 1.85 bits per heavy atom. The molecule has 2 saturated heterocycles. The van der Waals surface area contributed by atoms with Crippen LogP contribution < -0.4 is 16.1 Å². The summed E-state index contributed by atoms with van der Waals surface area (Å²) in [7, 11) is 3.70. The Morgan fingerprint density at radius 3 is 2.38 bits per heavy atom. The fraction of sp³-hybridized carbons (Fsp3) is 0.588. The van der Waals surface area contributed by atoms with Crippen LogP contribution in [0.15, 0.2) is 24.3 Å². The van der Waals surface area contributed by atoms with E-state index in [-0.39, 0.29) is 36.6 Å². The third-order valence-electron chi connectivity index (χ3n) is 5.10. The van der Waals surface area contributed by atoms with E-state index >= 15 is 0 Å². The van der Waals surface area contributed by atoms with Crippen LogP contribution in [0.4, 0.5) is 8.78 Å². The standard InChI is InChI=1S/C17H25F2N5O2/c1-9(10-4-6-11(7-5-10)14(18)19)24-15-13(12(8-25)22-24)16(26)21-17(20-15)23(2)3/h4-7,9,12-15,17,20,22,25H,8H2,1-3H3,(H,21,26). The first-order valence-electron chi connectivity index (χ1n) is 8.59. The summed E-state index contributed by atoms with van der Waals surface area (Å²) >= 11 is 0. The molecule has 0 bridgehead atoms. The highest BCUT2D eigenvalue weighted by Crippen LogP contribution is 2.32. The zero-order valence-electron chi connectivity index (χ0n) is 15.0. The minimum absolute atomic E-state index is 0.0238. The van der Waals surface area contributed by atoms with Gasteiger partial charge in [0.25, 0.3) is 6.43 Å². The van der Waals surface area contributed by atoms with Crippen LogP contribution in [0.2, 0.25) is 0 Å². The molecule has 5 unspecified atom stereocenters. The largest absolute Gasteiger partial charge is 0.395 e. The van der Waals surface area contributed by atoms with Crippen molar-refractivity contribution in [2.75, 3.05) is 20.7 Å². The van der Waals surface area contributed by atoms with E-state index in [0.29, 0.717) is 0 Å². The molecule has 1 amide bonds. The Bertz CT molecular complexity index is 643. The number of hydrogen-bond donors (Lipinski definition) is 4. The van der Waals surface area contributed by atoms with Crippen LogP contribution in [-0.2, 0) is 4.79 Å². The topological polar surface area (TPSA) is 79.9 Å². The molecule has 5 atom stereocenters. The lowest BCUT2D eigenvalue weighted by molar-refractivity contribution is -0.133. The number of aliphatic hydroxyl groups excluding tert-OH is 1. The van der Waals surface area contributed by atoms with Crippen molar-refractivity contribution in [1.29, 1.82) is 0 Å². The molecule has 0 saturated carbocycles. The molecule has 144 valence electrons. The fourth-order valence-electron chi connectivity index (χ4n) is 3.56. The summed E-state index contributed by atoms with van der Waals surface area (Å²) < 4.78 is 25.5. The van der Waals surface area contributed by atoms with Crippen molar-refractivity contribution in [2.45, 2.75) is 37.9 Å². The smallest absolute Gasteiger partial charge is 0.263 e. The van der Waals surface area contributed by atoms with Gasteiger partial charge in [0.2, 0.25) is 5.91 Å². The van der Waals surface area contributed by atoms with Crippen LogP contribution in [0, 0.1) is 5.92 Å². The quantitative estimate of drug-likeness (QED) is 0.601. The first kappa shape index (κ1) is 19.1. The number of rotatable bonds is 5. The monoisotopic (exact) mass is 369 g/mol. The van der Waals surface area contributed by atoms with Gasteiger partial charge in [0.1, 0.15) is 6.29 Å². The number of alkyl halides is 2. The lowest BCUT2D eigenvalue weighted by Crippen LogP contribution is -2.68. The van der Waals surface area contributed by atoms with Gasteiger partial charge in [-0.3, -0.25) is 15.0 Å². The van der Waals surface area contributed by atoms with E-state index in [1.165, 1.54) is 12.1 Å². The number of fused-ring (bicyclic) bond motifs is 1. The van der Waals surface area contributed by atoms with E-state index in [0.717, 1.165) is 5.56 Å². The summed E-state index contributed by atoms with van der Waals surface area (Å²) in [5.74, 6) is -0.597. The van der Waals surface area contributed by atoms with E-state index in [4.69, 9.17) is 0 Å². The molecule has 0 aromatic heterocycles. The van der Waals surface area contributed by atoms with Gasteiger partial charge in [-0.15, -0.1) is 0 Å². The molecule has 3 rings (SSSR count). The van der Waals surface area contributed by atoms with Crippen LogP contribution in [0.1, 0.15) is 30.5 Å². The summed E-state index contributed by atoms with van der Waals surface area (Å²) in [4.78, 5) is 14.4. The van der Waals surface area contributed by atoms with Crippen molar-refractivity contribution < 1.29 is 18.7 Å². The second-order valence-corrected chi connectivity index (χ2v) is 6.98. The van der Waals surface area contributed by atoms with Crippen LogP contribution in [0.25, 0.3) is 0 Å². The van der Waals surface area contributed by atoms with Crippen LogP contribution >= 0.6 is 0 Å². The predicted molar refractivity (Wildman–Crippen MR) is 91.7 cm³/mol. The van der Waals surface area contributed by atoms with Crippen LogP contribution in [0.5, 0.6) is 0 Å². The first-order valence-corrected chi connectivity index (χ1v) is 8.59.